The van der Waals surface area contributed by atoms with Crippen LogP contribution in [0.5, 0.6) is 0 Å². The van der Waals surface area contributed by atoms with Gasteiger partial charge in [0, 0.05) is 57.1 Å². The van der Waals surface area contributed by atoms with Crippen molar-refractivity contribution in [1.29, 1.82) is 0 Å². The van der Waals surface area contributed by atoms with Crippen molar-refractivity contribution in [3.05, 3.63) is 59.8 Å². The molecular formula is C25H24F6N6O. The first-order chi connectivity index (χ1) is 18.1. The summed E-state index contributed by atoms with van der Waals surface area (Å²) >= 11 is 0. The van der Waals surface area contributed by atoms with E-state index in [1.807, 2.05) is 9.80 Å². The maximum atomic E-state index is 13.5. The molecular weight excluding hydrogens is 514 g/mol. The number of halogens is 6. The number of piperazine rings is 1. The maximum Gasteiger partial charge on any atom is 0.419 e. The third-order valence-electron chi connectivity index (χ3n) is 6.48. The van der Waals surface area contributed by atoms with E-state index in [2.05, 4.69) is 15.0 Å². The van der Waals surface area contributed by atoms with Crippen LogP contribution < -0.4 is 14.7 Å². The van der Waals surface area contributed by atoms with Crippen molar-refractivity contribution in [3.8, 4) is 11.3 Å². The highest BCUT2D eigenvalue weighted by Gasteiger charge is 2.36. The van der Waals surface area contributed by atoms with Crippen LogP contribution in [0.2, 0.25) is 0 Å². The van der Waals surface area contributed by atoms with Gasteiger partial charge in [0.05, 0.1) is 30.0 Å². The molecule has 0 spiro atoms. The zero-order valence-electron chi connectivity index (χ0n) is 20.1. The topological polar surface area (TPSA) is 57.6 Å². The highest BCUT2D eigenvalue weighted by Crippen LogP contribution is 2.36. The second-order valence-electron chi connectivity index (χ2n) is 8.94. The fourth-order valence-corrected chi connectivity index (χ4v) is 4.51. The van der Waals surface area contributed by atoms with Gasteiger partial charge in [-0.3, -0.25) is 0 Å². The molecule has 2 aromatic heterocycles. The number of hydrogen-bond donors (Lipinski definition) is 0. The van der Waals surface area contributed by atoms with Crippen LogP contribution in [0.3, 0.4) is 0 Å². The Balaban J connectivity index is 1.44. The molecule has 4 heterocycles. The molecule has 0 atom stereocenters. The van der Waals surface area contributed by atoms with E-state index in [0.29, 0.717) is 62.4 Å². The molecule has 0 N–H and O–H groups in total. The van der Waals surface area contributed by atoms with Crippen LogP contribution in [0.25, 0.3) is 11.3 Å². The number of alkyl halides is 6. The van der Waals surface area contributed by atoms with Gasteiger partial charge in [-0.05, 0) is 24.3 Å². The van der Waals surface area contributed by atoms with Gasteiger partial charge in [-0.2, -0.15) is 31.3 Å². The molecule has 2 fully saturated rings. The average molecular weight is 538 g/mol. The molecule has 13 heteroatoms. The smallest absolute Gasteiger partial charge is 0.378 e. The Morgan fingerprint density at radius 2 is 1.42 bits per heavy atom. The highest BCUT2D eigenvalue weighted by atomic mass is 19.4. The summed E-state index contributed by atoms with van der Waals surface area (Å²) < 4.78 is 86.0. The number of nitrogens with zero attached hydrogens (tertiary/aromatic N) is 6. The average Bonchev–Trinajstić information content (AvgIpc) is 2.92. The fraction of sp³-hybridized carbons (Fsp3) is 0.400. The number of benzene rings is 1. The van der Waals surface area contributed by atoms with Crippen LogP contribution in [0, 0.1) is 0 Å². The highest BCUT2D eigenvalue weighted by molar-refractivity contribution is 5.66. The lowest BCUT2D eigenvalue weighted by Crippen LogP contribution is -2.48. The lowest BCUT2D eigenvalue weighted by atomic mass is 10.1. The standard InChI is InChI=1S/C25H24F6N6O/c26-24(27,28)18-4-1-3-17(15-18)20-16-21(34-23(33-20)37-11-13-38-14-12-37)35-7-9-36(10-8-35)22-19(25(29,30)31)5-2-6-32-22/h1-6,15-16H,7-14H2. The number of hydrogen-bond acceptors (Lipinski definition) is 7. The van der Waals surface area contributed by atoms with Gasteiger partial charge in [0.2, 0.25) is 5.95 Å². The molecule has 38 heavy (non-hydrogen) atoms. The van der Waals surface area contributed by atoms with Gasteiger partial charge < -0.3 is 19.4 Å². The lowest BCUT2D eigenvalue weighted by Gasteiger charge is -2.37. The van der Waals surface area contributed by atoms with Gasteiger partial charge in [-0.25, -0.2) is 9.97 Å². The predicted molar refractivity (Wildman–Crippen MR) is 129 cm³/mol. The molecule has 2 aliphatic rings. The fourth-order valence-electron chi connectivity index (χ4n) is 4.51. The summed E-state index contributed by atoms with van der Waals surface area (Å²) in [6.07, 6.45) is -7.70. The summed E-state index contributed by atoms with van der Waals surface area (Å²) in [4.78, 5) is 18.6. The predicted octanol–water partition coefficient (Wildman–Crippen LogP) is 4.74. The number of anilines is 3. The largest absolute Gasteiger partial charge is 0.419 e. The summed E-state index contributed by atoms with van der Waals surface area (Å²) in [7, 11) is 0. The molecule has 202 valence electrons. The van der Waals surface area contributed by atoms with Gasteiger partial charge >= 0.3 is 12.4 Å². The first kappa shape index (κ1) is 26.0. The van der Waals surface area contributed by atoms with Crippen molar-refractivity contribution < 1.29 is 31.1 Å². The van der Waals surface area contributed by atoms with Crippen LogP contribution in [0.4, 0.5) is 43.9 Å². The Bertz CT molecular complexity index is 1270. The van der Waals surface area contributed by atoms with Gasteiger partial charge in [0.15, 0.2) is 0 Å². The number of aromatic nitrogens is 3. The van der Waals surface area contributed by atoms with E-state index in [4.69, 9.17) is 4.74 Å². The number of morpholine rings is 1. The molecule has 0 aliphatic carbocycles. The molecule has 0 bridgehead atoms. The zero-order chi connectivity index (χ0) is 26.9. The van der Waals surface area contributed by atoms with Gasteiger partial charge in [-0.1, -0.05) is 12.1 Å². The van der Waals surface area contributed by atoms with Gasteiger partial charge in [0.25, 0.3) is 0 Å². The first-order valence-corrected chi connectivity index (χ1v) is 12.0. The van der Waals surface area contributed by atoms with Gasteiger partial charge in [-0.15, -0.1) is 0 Å². The number of pyridine rings is 1. The maximum absolute atomic E-state index is 13.5. The Labute approximate surface area is 214 Å². The summed E-state index contributed by atoms with van der Waals surface area (Å²) in [5, 5.41) is 0. The van der Waals surface area contributed by atoms with E-state index in [-0.39, 0.29) is 18.9 Å². The van der Waals surface area contributed by atoms with Crippen molar-refractivity contribution in [2.24, 2.45) is 0 Å². The Morgan fingerprint density at radius 1 is 0.711 bits per heavy atom. The second-order valence-corrected chi connectivity index (χ2v) is 8.94. The zero-order valence-corrected chi connectivity index (χ0v) is 20.1. The third-order valence-corrected chi connectivity index (χ3v) is 6.48. The van der Waals surface area contributed by atoms with E-state index < -0.39 is 23.5 Å². The quantitative estimate of drug-likeness (QED) is 0.445. The van der Waals surface area contributed by atoms with Crippen molar-refractivity contribution in [2.45, 2.75) is 12.4 Å². The minimum Gasteiger partial charge on any atom is -0.378 e. The third kappa shape index (κ3) is 5.62. The van der Waals surface area contributed by atoms with E-state index in [9.17, 15) is 26.3 Å². The van der Waals surface area contributed by atoms with Gasteiger partial charge in [0.1, 0.15) is 11.6 Å². The normalized spacial score (nSPS) is 17.2. The SMILES string of the molecule is FC(F)(F)c1cccc(-c2cc(N3CCN(c4ncccc4C(F)(F)F)CC3)nc(N3CCOCC3)n2)c1. The van der Waals surface area contributed by atoms with Crippen LogP contribution >= 0.6 is 0 Å². The van der Waals surface area contributed by atoms with E-state index in [1.54, 1.807) is 17.0 Å². The van der Waals surface area contributed by atoms with Crippen molar-refractivity contribution in [3.63, 3.8) is 0 Å². The van der Waals surface area contributed by atoms with Crippen LogP contribution in [-0.2, 0) is 17.1 Å². The monoisotopic (exact) mass is 538 g/mol. The minimum atomic E-state index is -4.53. The number of rotatable bonds is 4. The molecule has 0 unspecified atom stereocenters. The molecule has 3 aromatic rings. The summed E-state index contributed by atoms with van der Waals surface area (Å²) in [5.74, 6) is 0.733. The Morgan fingerprint density at radius 3 is 2.11 bits per heavy atom. The number of ether oxygens (including phenoxy) is 1. The van der Waals surface area contributed by atoms with Crippen molar-refractivity contribution in [1.82, 2.24) is 15.0 Å². The molecule has 5 rings (SSSR count). The molecule has 2 aliphatic heterocycles. The summed E-state index contributed by atoms with van der Waals surface area (Å²) in [6, 6.07) is 8.83. The van der Waals surface area contributed by atoms with Crippen molar-refractivity contribution >= 4 is 17.6 Å². The van der Waals surface area contributed by atoms with E-state index >= 15 is 0 Å². The summed E-state index contributed by atoms with van der Waals surface area (Å²) in [5.41, 5.74) is -0.960. The molecule has 2 saturated heterocycles. The first-order valence-electron chi connectivity index (χ1n) is 12.0. The minimum absolute atomic E-state index is 0.124. The Hall–Kier alpha value is -3.61. The second kappa shape index (κ2) is 10.3. The van der Waals surface area contributed by atoms with E-state index in [0.717, 1.165) is 18.2 Å². The molecule has 7 nitrogen and oxygen atoms in total. The van der Waals surface area contributed by atoms with Crippen molar-refractivity contribution in [2.75, 3.05) is 67.2 Å². The van der Waals surface area contributed by atoms with Crippen LogP contribution in [0.1, 0.15) is 11.1 Å². The molecule has 0 radical (unpaired) electrons. The van der Waals surface area contributed by atoms with Crippen LogP contribution in [0.15, 0.2) is 48.7 Å². The Kier molecular flexibility index (Phi) is 7.03. The van der Waals surface area contributed by atoms with Crippen LogP contribution in [-0.4, -0.2) is 67.4 Å². The summed E-state index contributed by atoms with van der Waals surface area (Å²) in [6.45, 7) is 3.20. The van der Waals surface area contributed by atoms with E-state index in [1.165, 1.54) is 18.3 Å². The lowest BCUT2D eigenvalue weighted by molar-refractivity contribution is -0.138. The molecule has 0 amide bonds. The molecule has 1 aromatic carbocycles. The molecule has 0 saturated carbocycles.